The molecule has 3 nitrogen and oxygen atoms in total. The van der Waals surface area contributed by atoms with Crippen LogP contribution < -0.4 is 5.32 Å². The third-order valence-corrected chi connectivity index (χ3v) is 3.42. The highest BCUT2D eigenvalue weighted by Crippen LogP contribution is 2.26. The van der Waals surface area contributed by atoms with E-state index in [1.165, 1.54) is 0 Å². The lowest BCUT2D eigenvalue weighted by atomic mass is 9.87. The van der Waals surface area contributed by atoms with Gasteiger partial charge in [0.25, 0.3) is 0 Å². The minimum atomic E-state index is 0.380. The molecule has 2 aliphatic rings. The molecule has 2 unspecified atom stereocenters. The van der Waals surface area contributed by atoms with Crippen LogP contribution in [0.2, 0.25) is 0 Å². The van der Waals surface area contributed by atoms with Crippen molar-refractivity contribution in [3.05, 3.63) is 0 Å². The second-order valence-electron chi connectivity index (χ2n) is 5.61. The molecular weight excluding hydrogens is 190 g/mol. The van der Waals surface area contributed by atoms with Gasteiger partial charge in [0.2, 0.25) is 0 Å². The summed E-state index contributed by atoms with van der Waals surface area (Å²) in [6.45, 7) is 9.52. The number of nitrogens with one attached hydrogen (secondary N) is 1. The average Bonchev–Trinajstić information content (AvgIpc) is 2.10. The van der Waals surface area contributed by atoms with Crippen LogP contribution in [0.5, 0.6) is 0 Å². The van der Waals surface area contributed by atoms with Gasteiger partial charge >= 0.3 is 0 Å². The maximum Gasteiger partial charge on any atom is 0.0565 e. The van der Waals surface area contributed by atoms with Crippen LogP contribution in [0.3, 0.4) is 0 Å². The van der Waals surface area contributed by atoms with E-state index in [0.717, 1.165) is 32.6 Å². The van der Waals surface area contributed by atoms with Crippen molar-refractivity contribution in [2.75, 3.05) is 19.8 Å². The highest BCUT2D eigenvalue weighted by atomic mass is 16.5. The zero-order valence-electron chi connectivity index (χ0n) is 10.1. The van der Waals surface area contributed by atoms with Crippen LogP contribution in [-0.2, 0) is 9.47 Å². The van der Waals surface area contributed by atoms with Gasteiger partial charge in [-0.15, -0.1) is 0 Å². The monoisotopic (exact) mass is 213 g/mol. The molecule has 2 heterocycles. The topological polar surface area (TPSA) is 30.5 Å². The largest absolute Gasteiger partial charge is 0.380 e. The second-order valence-corrected chi connectivity index (χ2v) is 5.61. The van der Waals surface area contributed by atoms with Gasteiger partial charge in [0.1, 0.15) is 0 Å². The van der Waals surface area contributed by atoms with Crippen molar-refractivity contribution in [3.63, 3.8) is 0 Å². The second kappa shape index (κ2) is 4.40. The number of rotatable bonds is 3. The van der Waals surface area contributed by atoms with Gasteiger partial charge in [-0.25, -0.2) is 0 Å². The fourth-order valence-electron chi connectivity index (χ4n) is 2.52. The van der Waals surface area contributed by atoms with Gasteiger partial charge in [0.15, 0.2) is 0 Å². The lowest BCUT2D eigenvalue weighted by Crippen LogP contribution is -2.51. The first-order valence-corrected chi connectivity index (χ1v) is 6.04. The van der Waals surface area contributed by atoms with Gasteiger partial charge in [-0.05, 0) is 26.7 Å². The first-order chi connectivity index (χ1) is 7.07. The van der Waals surface area contributed by atoms with E-state index in [1.54, 1.807) is 0 Å². The Labute approximate surface area is 92.5 Å². The average molecular weight is 213 g/mol. The molecule has 0 spiro atoms. The first-order valence-electron chi connectivity index (χ1n) is 6.04. The smallest absolute Gasteiger partial charge is 0.0565 e. The minimum Gasteiger partial charge on any atom is -0.380 e. The number of hydrogen-bond donors (Lipinski definition) is 1. The molecule has 0 amide bonds. The van der Waals surface area contributed by atoms with Crippen molar-refractivity contribution < 1.29 is 9.47 Å². The molecule has 0 radical (unpaired) electrons. The molecule has 2 aliphatic heterocycles. The van der Waals surface area contributed by atoms with Crippen molar-refractivity contribution >= 4 is 0 Å². The fraction of sp³-hybridized carbons (Fsp3) is 1.00. The molecule has 1 N–H and O–H groups in total. The molecule has 0 aromatic carbocycles. The highest BCUT2D eigenvalue weighted by molar-refractivity contribution is 4.86. The third kappa shape index (κ3) is 2.92. The summed E-state index contributed by atoms with van der Waals surface area (Å²) in [6, 6.07) is 0.626. The molecule has 88 valence electrons. The molecule has 2 rings (SSSR count). The Balaban J connectivity index is 1.74. The van der Waals surface area contributed by atoms with Gasteiger partial charge < -0.3 is 14.8 Å². The third-order valence-electron chi connectivity index (χ3n) is 3.42. The molecule has 2 saturated heterocycles. The minimum absolute atomic E-state index is 0.380. The lowest BCUT2D eigenvalue weighted by molar-refractivity contribution is -0.104. The maximum atomic E-state index is 5.72. The molecule has 2 atom stereocenters. The highest BCUT2D eigenvalue weighted by Gasteiger charge is 2.34. The Hall–Kier alpha value is -0.120. The summed E-state index contributed by atoms with van der Waals surface area (Å²) in [5.74, 6) is 0. The molecule has 0 saturated carbocycles. The Kier molecular flexibility index (Phi) is 3.33. The Morgan fingerprint density at radius 2 is 1.80 bits per heavy atom. The summed E-state index contributed by atoms with van der Waals surface area (Å²) in [5, 5.41) is 3.66. The zero-order chi connectivity index (χ0) is 10.9. The molecule has 0 bridgehead atoms. The van der Waals surface area contributed by atoms with E-state index in [4.69, 9.17) is 9.47 Å². The summed E-state index contributed by atoms with van der Waals surface area (Å²) in [5.41, 5.74) is 0.380. The van der Waals surface area contributed by atoms with E-state index in [2.05, 4.69) is 26.1 Å². The molecule has 0 aliphatic carbocycles. The van der Waals surface area contributed by atoms with Crippen molar-refractivity contribution in [3.8, 4) is 0 Å². The van der Waals surface area contributed by atoms with E-state index in [-0.39, 0.29) is 0 Å². The zero-order valence-corrected chi connectivity index (χ0v) is 10.1. The molecule has 3 heteroatoms. The van der Waals surface area contributed by atoms with Gasteiger partial charge in [0, 0.05) is 18.0 Å². The van der Waals surface area contributed by atoms with Crippen LogP contribution in [0.4, 0.5) is 0 Å². The quantitative estimate of drug-likeness (QED) is 0.772. The van der Waals surface area contributed by atoms with E-state index < -0.39 is 0 Å². The first kappa shape index (κ1) is 11.4. The lowest BCUT2D eigenvalue weighted by Gasteiger charge is -2.41. The Bertz CT molecular complexity index is 206. The SMILES string of the molecule is CC1CC(NCC2(C)COC2)CC(C)O1. The normalized spacial score (nSPS) is 39.8. The van der Waals surface area contributed by atoms with Crippen LogP contribution in [-0.4, -0.2) is 38.0 Å². The summed E-state index contributed by atoms with van der Waals surface area (Å²) in [6.07, 6.45) is 3.08. The predicted molar refractivity (Wildman–Crippen MR) is 60.0 cm³/mol. The Morgan fingerprint density at radius 1 is 1.20 bits per heavy atom. The van der Waals surface area contributed by atoms with Crippen LogP contribution >= 0.6 is 0 Å². The molecule has 2 fully saturated rings. The number of ether oxygens (including phenoxy) is 2. The summed E-state index contributed by atoms with van der Waals surface area (Å²) in [7, 11) is 0. The van der Waals surface area contributed by atoms with Gasteiger partial charge in [0.05, 0.1) is 25.4 Å². The van der Waals surface area contributed by atoms with E-state index in [0.29, 0.717) is 23.7 Å². The number of hydrogen-bond acceptors (Lipinski definition) is 3. The van der Waals surface area contributed by atoms with E-state index >= 15 is 0 Å². The molecule has 15 heavy (non-hydrogen) atoms. The van der Waals surface area contributed by atoms with E-state index in [9.17, 15) is 0 Å². The standard InChI is InChI=1S/C12H23NO2/c1-9-4-11(5-10(2)15-9)13-6-12(3)7-14-8-12/h9-11,13H,4-8H2,1-3H3. The summed E-state index contributed by atoms with van der Waals surface area (Å²) in [4.78, 5) is 0. The predicted octanol–water partition coefficient (Wildman–Crippen LogP) is 1.57. The van der Waals surface area contributed by atoms with Crippen molar-refractivity contribution in [2.45, 2.75) is 51.9 Å². The van der Waals surface area contributed by atoms with Crippen molar-refractivity contribution in [2.24, 2.45) is 5.41 Å². The summed E-state index contributed by atoms with van der Waals surface area (Å²) < 4.78 is 11.0. The molecule has 0 aromatic rings. The molecule has 0 aromatic heterocycles. The van der Waals surface area contributed by atoms with E-state index in [1.807, 2.05) is 0 Å². The van der Waals surface area contributed by atoms with Gasteiger partial charge in [-0.3, -0.25) is 0 Å². The molecular formula is C12H23NO2. The van der Waals surface area contributed by atoms with Crippen LogP contribution in [0.25, 0.3) is 0 Å². The van der Waals surface area contributed by atoms with Crippen LogP contribution in [0.1, 0.15) is 33.6 Å². The van der Waals surface area contributed by atoms with Crippen molar-refractivity contribution in [1.29, 1.82) is 0 Å². The van der Waals surface area contributed by atoms with Gasteiger partial charge in [-0.1, -0.05) is 6.92 Å². The fourth-order valence-corrected chi connectivity index (χ4v) is 2.52. The Morgan fingerprint density at radius 3 is 2.27 bits per heavy atom. The van der Waals surface area contributed by atoms with Gasteiger partial charge in [-0.2, -0.15) is 0 Å². The van der Waals surface area contributed by atoms with Crippen molar-refractivity contribution in [1.82, 2.24) is 5.32 Å². The van der Waals surface area contributed by atoms with Crippen LogP contribution in [0.15, 0.2) is 0 Å². The maximum absolute atomic E-state index is 5.72. The van der Waals surface area contributed by atoms with Crippen LogP contribution in [0, 0.1) is 5.41 Å². The summed E-state index contributed by atoms with van der Waals surface area (Å²) >= 11 is 0.